The Morgan fingerprint density at radius 3 is 2.50 bits per heavy atom. The third-order valence-electron chi connectivity index (χ3n) is 6.04. The Hall–Kier alpha value is -2.20. The Labute approximate surface area is 169 Å². The van der Waals surface area contributed by atoms with Crippen molar-refractivity contribution >= 4 is 5.69 Å². The summed E-state index contributed by atoms with van der Waals surface area (Å²) in [6, 6.07) is 14.9. The van der Waals surface area contributed by atoms with E-state index in [9.17, 15) is 0 Å². The fourth-order valence-electron chi connectivity index (χ4n) is 4.36. The van der Waals surface area contributed by atoms with Gasteiger partial charge in [-0.1, -0.05) is 12.1 Å². The van der Waals surface area contributed by atoms with Crippen molar-refractivity contribution in [1.29, 1.82) is 0 Å². The minimum atomic E-state index is 0.836. The van der Waals surface area contributed by atoms with E-state index in [1.165, 1.54) is 49.0 Å². The van der Waals surface area contributed by atoms with Gasteiger partial charge in [0.2, 0.25) is 0 Å². The maximum Gasteiger partial charge on any atom is 0.122 e. The van der Waals surface area contributed by atoms with Crippen LogP contribution in [0.15, 0.2) is 42.5 Å². The average molecular weight is 381 g/mol. The summed E-state index contributed by atoms with van der Waals surface area (Å²) >= 11 is 0. The van der Waals surface area contributed by atoms with Crippen LogP contribution in [0, 0.1) is 0 Å². The lowest BCUT2D eigenvalue weighted by atomic mass is 10.1. The molecular weight excluding hydrogens is 348 g/mol. The Balaban J connectivity index is 1.14. The summed E-state index contributed by atoms with van der Waals surface area (Å²) in [4.78, 5) is 5.05. The lowest BCUT2D eigenvalue weighted by Crippen LogP contribution is -2.46. The molecule has 4 heteroatoms. The zero-order valence-electron chi connectivity index (χ0n) is 17.0. The zero-order chi connectivity index (χ0) is 19.2. The van der Waals surface area contributed by atoms with Crippen molar-refractivity contribution in [3.8, 4) is 11.5 Å². The molecule has 150 valence electrons. The summed E-state index contributed by atoms with van der Waals surface area (Å²) in [5.74, 6) is 2.05. The van der Waals surface area contributed by atoms with Crippen LogP contribution in [0.2, 0.25) is 0 Å². The van der Waals surface area contributed by atoms with E-state index < -0.39 is 0 Å². The molecule has 4 nitrogen and oxygen atoms in total. The molecule has 2 aromatic carbocycles. The van der Waals surface area contributed by atoms with Gasteiger partial charge in [-0.05, 0) is 80.1 Å². The molecule has 1 aliphatic carbocycles. The van der Waals surface area contributed by atoms with Crippen LogP contribution >= 0.6 is 0 Å². The van der Waals surface area contributed by atoms with Crippen LogP contribution in [0.4, 0.5) is 5.69 Å². The lowest BCUT2D eigenvalue weighted by molar-refractivity contribution is 0.238. The van der Waals surface area contributed by atoms with E-state index in [0.717, 1.165) is 50.7 Å². The Morgan fingerprint density at radius 2 is 1.71 bits per heavy atom. The van der Waals surface area contributed by atoms with Crippen molar-refractivity contribution in [3.63, 3.8) is 0 Å². The van der Waals surface area contributed by atoms with E-state index in [0.29, 0.717) is 0 Å². The van der Waals surface area contributed by atoms with Gasteiger partial charge < -0.3 is 14.4 Å². The highest BCUT2D eigenvalue weighted by molar-refractivity contribution is 5.49. The summed E-state index contributed by atoms with van der Waals surface area (Å²) in [6.45, 7) is 6.48. The molecule has 2 aromatic rings. The van der Waals surface area contributed by atoms with E-state index in [1.54, 1.807) is 7.11 Å². The van der Waals surface area contributed by atoms with Crippen molar-refractivity contribution in [2.75, 3.05) is 51.3 Å². The van der Waals surface area contributed by atoms with Crippen molar-refractivity contribution in [3.05, 3.63) is 53.6 Å². The quantitative estimate of drug-likeness (QED) is 0.642. The van der Waals surface area contributed by atoms with Crippen LogP contribution in [-0.2, 0) is 12.8 Å². The predicted octanol–water partition coefficient (Wildman–Crippen LogP) is 4.17. The van der Waals surface area contributed by atoms with E-state index in [4.69, 9.17) is 9.47 Å². The molecule has 0 aromatic heterocycles. The second-order valence-corrected chi connectivity index (χ2v) is 7.83. The van der Waals surface area contributed by atoms with E-state index in [1.807, 2.05) is 12.1 Å². The number of rotatable bonds is 8. The predicted molar refractivity (Wildman–Crippen MR) is 115 cm³/mol. The number of nitrogens with zero attached hydrogens (tertiary/aromatic N) is 2. The number of aryl methyl sites for hydroxylation is 1. The average Bonchev–Trinajstić information content (AvgIpc) is 3.24. The highest BCUT2D eigenvalue weighted by Gasteiger charge is 2.17. The number of methoxy groups -OCH3 is 1. The Morgan fingerprint density at radius 1 is 0.893 bits per heavy atom. The van der Waals surface area contributed by atoms with Gasteiger partial charge in [-0.3, -0.25) is 4.90 Å². The lowest BCUT2D eigenvalue weighted by Gasteiger charge is -2.36. The first-order chi connectivity index (χ1) is 13.8. The number of ether oxygens (including phenoxy) is 2. The summed E-state index contributed by atoms with van der Waals surface area (Å²) in [6.07, 6.45) is 6.01. The fourth-order valence-corrected chi connectivity index (χ4v) is 4.36. The van der Waals surface area contributed by atoms with E-state index >= 15 is 0 Å². The molecule has 0 spiro atoms. The normalized spacial score (nSPS) is 16.8. The van der Waals surface area contributed by atoms with E-state index in [-0.39, 0.29) is 0 Å². The van der Waals surface area contributed by atoms with Crippen LogP contribution in [0.1, 0.15) is 30.4 Å². The van der Waals surface area contributed by atoms with Crippen molar-refractivity contribution < 1.29 is 9.47 Å². The number of piperazine rings is 1. The molecule has 4 rings (SSSR count). The molecule has 0 amide bonds. The van der Waals surface area contributed by atoms with Gasteiger partial charge >= 0.3 is 0 Å². The highest BCUT2D eigenvalue weighted by Crippen LogP contribution is 2.30. The molecular formula is C24H32N2O2. The van der Waals surface area contributed by atoms with E-state index in [2.05, 4.69) is 40.1 Å². The van der Waals surface area contributed by atoms with Crippen LogP contribution in [0.5, 0.6) is 11.5 Å². The molecule has 2 aliphatic rings. The maximum absolute atomic E-state index is 6.10. The molecule has 1 aliphatic heterocycles. The molecule has 0 saturated carbocycles. The fraction of sp³-hybridized carbons (Fsp3) is 0.500. The highest BCUT2D eigenvalue weighted by atomic mass is 16.5. The number of hydrogen-bond acceptors (Lipinski definition) is 4. The molecule has 0 bridgehead atoms. The van der Waals surface area contributed by atoms with Gasteiger partial charge in [0.05, 0.1) is 13.7 Å². The van der Waals surface area contributed by atoms with Crippen molar-refractivity contribution in [2.24, 2.45) is 0 Å². The van der Waals surface area contributed by atoms with Gasteiger partial charge in [0.25, 0.3) is 0 Å². The summed E-state index contributed by atoms with van der Waals surface area (Å²) in [5, 5.41) is 0. The third-order valence-corrected chi connectivity index (χ3v) is 6.04. The van der Waals surface area contributed by atoms with Gasteiger partial charge in [0.1, 0.15) is 11.5 Å². The molecule has 1 saturated heterocycles. The molecule has 1 fully saturated rings. The number of anilines is 1. The largest absolute Gasteiger partial charge is 0.497 e. The number of fused-ring (bicyclic) bond motifs is 1. The summed E-state index contributed by atoms with van der Waals surface area (Å²) < 4.78 is 11.3. The monoisotopic (exact) mass is 380 g/mol. The number of unbranched alkanes of at least 4 members (excludes halogenated alkanes) is 1. The summed E-state index contributed by atoms with van der Waals surface area (Å²) in [5.41, 5.74) is 4.24. The minimum absolute atomic E-state index is 0.836. The first kappa shape index (κ1) is 19.1. The van der Waals surface area contributed by atoms with Crippen LogP contribution in [0.3, 0.4) is 0 Å². The van der Waals surface area contributed by atoms with Gasteiger partial charge in [0, 0.05) is 31.9 Å². The first-order valence-corrected chi connectivity index (χ1v) is 10.7. The molecule has 1 heterocycles. The van der Waals surface area contributed by atoms with Crippen LogP contribution < -0.4 is 14.4 Å². The standard InChI is InChI=1S/C24H32N2O2/c1-27-22-12-10-21(11-13-22)26-17-15-25(16-18-26)14-2-3-19-28-24-9-5-7-20-6-4-8-23(20)24/h5,7,9-13H,2-4,6,8,14-19H2,1H3. The molecule has 0 radical (unpaired) electrons. The van der Waals surface area contributed by atoms with Crippen molar-refractivity contribution in [2.45, 2.75) is 32.1 Å². The second kappa shape index (κ2) is 9.33. The van der Waals surface area contributed by atoms with Gasteiger partial charge in [-0.2, -0.15) is 0 Å². The zero-order valence-corrected chi connectivity index (χ0v) is 17.0. The maximum atomic E-state index is 6.10. The first-order valence-electron chi connectivity index (χ1n) is 10.7. The topological polar surface area (TPSA) is 24.9 Å². The minimum Gasteiger partial charge on any atom is -0.497 e. The molecule has 0 unspecified atom stereocenters. The van der Waals surface area contributed by atoms with Crippen LogP contribution in [0.25, 0.3) is 0 Å². The van der Waals surface area contributed by atoms with Gasteiger partial charge in [0.15, 0.2) is 0 Å². The molecule has 28 heavy (non-hydrogen) atoms. The number of benzene rings is 2. The Kier molecular flexibility index (Phi) is 6.38. The molecule has 0 N–H and O–H groups in total. The SMILES string of the molecule is COc1ccc(N2CCN(CCCCOc3cccc4c3CCC4)CC2)cc1. The smallest absolute Gasteiger partial charge is 0.122 e. The third kappa shape index (κ3) is 4.61. The van der Waals surface area contributed by atoms with Gasteiger partial charge in [-0.25, -0.2) is 0 Å². The number of hydrogen-bond donors (Lipinski definition) is 0. The summed E-state index contributed by atoms with van der Waals surface area (Å²) in [7, 11) is 1.71. The second-order valence-electron chi connectivity index (χ2n) is 7.83. The van der Waals surface area contributed by atoms with Crippen molar-refractivity contribution in [1.82, 2.24) is 4.90 Å². The van der Waals surface area contributed by atoms with Gasteiger partial charge in [-0.15, -0.1) is 0 Å². The Bertz CT molecular complexity index is 752. The molecule has 0 atom stereocenters. The van der Waals surface area contributed by atoms with Crippen LogP contribution in [-0.4, -0.2) is 51.3 Å².